The van der Waals surface area contributed by atoms with Gasteiger partial charge in [0, 0.05) is 19.4 Å². The third-order valence-corrected chi connectivity index (χ3v) is 3.98. The van der Waals surface area contributed by atoms with Crippen molar-refractivity contribution in [3.63, 3.8) is 0 Å². The van der Waals surface area contributed by atoms with Crippen LogP contribution in [0.25, 0.3) is 0 Å². The molecule has 0 unspecified atom stereocenters. The normalized spacial score (nSPS) is 25.9. The Bertz CT molecular complexity index is 359. The predicted octanol–water partition coefficient (Wildman–Crippen LogP) is 2.86. The van der Waals surface area contributed by atoms with E-state index in [1.807, 2.05) is 11.6 Å². The van der Waals surface area contributed by atoms with Crippen LogP contribution in [0.15, 0.2) is 0 Å². The quantitative estimate of drug-likeness (QED) is 0.834. The van der Waals surface area contributed by atoms with Crippen LogP contribution in [-0.4, -0.2) is 9.55 Å². The van der Waals surface area contributed by atoms with Gasteiger partial charge < -0.3 is 10.3 Å². The fourth-order valence-electron chi connectivity index (χ4n) is 2.73. The minimum atomic E-state index is 0.600. The number of hydrogen-bond acceptors (Lipinski definition) is 2. The molecule has 1 aliphatic carbocycles. The van der Waals surface area contributed by atoms with Gasteiger partial charge in [0.25, 0.3) is 0 Å². The standard InChI is InChI=1S/C13H23N3/c1-4-11-15-12(13(14)16(11)3)10-7-5-9(2)6-8-10/h9-10H,4-8,14H2,1-3H3. The maximum absolute atomic E-state index is 6.14. The number of nitrogen functional groups attached to an aromatic ring is 1. The molecule has 1 fully saturated rings. The van der Waals surface area contributed by atoms with Crippen LogP contribution in [0.5, 0.6) is 0 Å². The second kappa shape index (κ2) is 4.48. The van der Waals surface area contributed by atoms with Crippen molar-refractivity contribution in [1.29, 1.82) is 0 Å². The maximum Gasteiger partial charge on any atom is 0.126 e. The van der Waals surface area contributed by atoms with Gasteiger partial charge in [0.2, 0.25) is 0 Å². The number of anilines is 1. The van der Waals surface area contributed by atoms with Crippen molar-refractivity contribution in [2.24, 2.45) is 13.0 Å². The summed E-state index contributed by atoms with van der Waals surface area (Å²) in [4.78, 5) is 4.71. The van der Waals surface area contributed by atoms with Crippen molar-refractivity contribution in [3.8, 4) is 0 Å². The highest BCUT2D eigenvalue weighted by molar-refractivity contribution is 5.40. The molecular weight excluding hydrogens is 198 g/mol. The summed E-state index contributed by atoms with van der Waals surface area (Å²) < 4.78 is 2.05. The summed E-state index contributed by atoms with van der Waals surface area (Å²) >= 11 is 0. The van der Waals surface area contributed by atoms with Crippen LogP contribution >= 0.6 is 0 Å². The first-order chi connectivity index (χ1) is 7.63. The Hall–Kier alpha value is -0.990. The Kier molecular flexibility index (Phi) is 3.22. The van der Waals surface area contributed by atoms with Crippen LogP contribution < -0.4 is 5.73 Å². The highest BCUT2D eigenvalue weighted by Gasteiger charge is 2.24. The third-order valence-electron chi connectivity index (χ3n) is 3.98. The van der Waals surface area contributed by atoms with Gasteiger partial charge in [-0.05, 0) is 18.8 Å². The van der Waals surface area contributed by atoms with E-state index in [0.717, 1.165) is 29.7 Å². The molecule has 0 aromatic carbocycles. The second-order valence-electron chi connectivity index (χ2n) is 5.17. The summed E-state index contributed by atoms with van der Waals surface area (Å²) in [7, 11) is 2.02. The molecule has 0 atom stereocenters. The van der Waals surface area contributed by atoms with Crippen LogP contribution in [0.4, 0.5) is 5.82 Å². The predicted molar refractivity (Wildman–Crippen MR) is 67.4 cm³/mol. The lowest BCUT2D eigenvalue weighted by molar-refractivity contribution is 0.345. The van der Waals surface area contributed by atoms with Gasteiger partial charge in [0.15, 0.2) is 0 Å². The second-order valence-corrected chi connectivity index (χ2v) is 5.17. The Balaban J connectivity index is 2.20. The lowest BCUT2D eigenvalue weighted by atomic mass is 9.81. The molecule has 16 heavy (non-hydrogen) atoms. The number of imidazole rings is 1. The van der Waals surface area contributed by atoms with Gasteiger partial charge in [0.05, 0.1) is 5.69 Å². The Labute approximate surface area is 98.1 Å². The average Bonchev–Trinajstić information content (AvgIpc) is 2.57. The molecule has 1 aromatic heterocycles. The van der Waals surface area contributed by atoms with Crippen molar-refractivity contribution >= 4 is 5.82 Å². The minimum absolute atomic E-state index is 0.600. The van der Waals surface area contributed by atoms with Gasteiger partial charge in [0.1, 0.15) is 11.6 Å². The lowest BCUT2D eigenvalue weighted by Gasteiger charge is -2.25. The van der Waals surface area contributed by atoms with Gasteiger partial charge in [-0.2, -0.15) is 0 Å². The van der Waals surface area contributed by atoms with Gasteiger partial charge >= 0.3 is 0 Å². The molecular formula is C13H23N3. The van der Waals surface area contributed by atoms with Gasteiger partial charge in [-0.15, -0.1) is 0 Å². The number of nitrogens with zero attached hydrogens (tertiary/aromatic N) is 2. The number of rotatable bonds is 2. The first-order valence-corrected chi connectivity index (χ1v) is 6.44. The molecule has 0 radical (unpaired) electrons. The average molecular weight is 221 g/mol. The van der Waals surface area contributed by atoms with E-state index in [4.69, 9.17) is 10.7 Å². The smallest absolute Gasteiger partial charge is 0.126 e. The minimum Gasteiger partial charge on any atom is -0.384 e. The van der Waals surface area contributed by atoms with Crippen molar-refractivity contribution in [3.05, 3.63) is 11.5 Å². The fraction of sp³-hybridized carbons (Fsp3) is 0.769. The van der Waals surface area contributed by atoms with E-state index in [9.17, 15) is 0 Å². The topological polar surface area (TPSA) is 43.8 Å². The zero-order valence-electron chi connectivity index (χ0n) is 10.7. The van der Waals surface area contributed by atoms with Crippen LogP contribution in [0.3, 0.4) is 0 Å². The number of nitrogens with two attached hydrogens (primary N) is 1. The third kappa shape index (κ3) is 1.95. The van der Waals surface area contributed by atoms with Crippen molar-refractivity contribution in [2.45, 2.75) is 51.9 Å². The molecule has 2 N–H and O–H groups in total. The zero-order valence-corrected chi connectivity index (χ0v) is 10.7. The molecule has 0 spiro atoms. The fourth-order valence-corrected chi connectivity index (χ4v) is 2.73. The van der Waals surface area contributed by atoms with E-state index in [-0.39, 0.29) is 0 Å². The molecule has 2 rings (SSSR count). The first kappa shape index (κ1) is 11.5. The van der Waals surface area contributed by atoms with E-state index in [2.05, 4.69) is 13.8 Å². The lowest BCUT2D eigenvalue weighted by Crippen LogP contribution is -2.12. The monoisotopic (exact) mass is 221 g/mol. The van der Waals surface area contributed by atoms with Crippen LogP contribution in [-0.2, 0) is 13.5 Å². The molecule has 90 valence electrons. The van der Waals surface area contributed by atoms with Crippen molar-refractivity contribution in [1.82, 2.24) is 9.55 Å². The highest BCUT2D eigenvalue weighted by Crippen LogP contribution is 2.37. The zero-order chi connectivity index (χ0) is 11.7. The van der Waals surface area contributed by atoms with E-state index in [0.29, 0.717) is 5.92 Å². The van der Waals surface area contributed by atoms with Gasteiger partial charge in [-0.3, -0.25) is 0 Å². The maximum atomic E-state index is 6.14. The van der Waals surface area contributed by atoms with Crippen LogP contribution in [0, 0.1) is 5.92 Å². The number of aryl methyl sites for hydroxylation is 1. The molecule has 0 saturated heterocycles. The molecule has 1 aliphatic rings. The highest BCUT2D eigenvalue weighted by atomic mass is 15.1. The van der Waals surface area contributed by atoms with E-state index < -0.39 is 0 Å². The molecule has 1 heterocycles. The molecule has 0 bridgehead atoms. The van der Waals surface area contributed by atoms with Gasteiger partial charge in [-0.1, -0.05) is 26.7 Å². The molecule has 1 saturated carbocycles. The molecule has 0 amide bonds. The summed E-state index contributed by atoms with van der Waals surface area (Å²) in [5, 5.41) is 0. The van der Waals surface area contributed by atoms with Crippen molar-refractivity contribution < 1.29 is 0 Å². The number of aromatic nitrogens is 2. The van der Waals surface area contributed by atoms with E-state index in [1.54, 1.807) is 0 Å². The summed E-state index contributed by atoms with van der Waals surface area (Å²) in [6.07, 6.45) is 6.12. The SMILES string of the molecule is CCc1nc(C2CCC(C)CC2)c(N)n1C. The van der Waals surface area contributed by atoms with Crippen LogP contribution in [0.1, 0.15) is 57.0 Å². The van der Waals surface area contributed by atoms with E-state index in [1.165, 1.54) is 25.7 Å². The molecule has 3 heteroatoms. The molecule has 1 aromatic rings. The van der Waals surface area contributed by atoms with Crippen molar-refractivity contribution in [2.75, 3.05) is 5.73 Å². The number of hydrogen-bond donors (Lipinski definition) is 1. The largest absolute Gasteiger partial charge is 0.384 e. The Morgan fingerprint density at radius 2 is 1.94 bits per heavy atom. The van der Waals surface area contributed by atoms with Crippen LogP contribution in [0.2, 0.25) is 0 Å². The Morgan fingerprint density at radius 3 is 2.44 bits per heavy atom. The summed E-state index contributed by atoms with van der Waals surface area (Å²) in [5.41, 5.74) is 7.30. The summed E-state index contributed by atoms with van der Waals surface area (Å²) in [6, 6.07) is 0. The van der Waals surface area contributed by atoms with E-state index >= 15 is 0 Å². The first-order valence-electron chi connectivity index (χ1n) is 6.44. The Morgan fingerprint density at radius 1 is 1.31 bits per heavy atom. The molecule has 0 aliphatic heterocycles. The summed E-state index contributed by atoms with van der Waals surface area (Å²) in [6.45, 7) is 4.48. The summed E-state index contributed by atoms with van der Waals surface area (Å²) in [5.74, 6) is 3.48. The van der Waals surface area contributed by atoms with Gasteiger partial charge in [-0.25, -0.2) is 4.98 Å². The molecule has 3 nitrogen and oxygen atoms in total.